The lowest BCUT2D eigenvalue weighted by Gasteiger charge is -2.14. The molecular formula is C16H19NO5. The summed E-state index contributed by atoms with van der Waals surface area (Å²) in [5.41, 5.74) is 0.334. The number of carbonyl (C=O) groups is 2. The van der Waals surface area contributed by atoms with Crippen LogP contribution in [-0.2, 0) is 9.53 Å². The molecular weight excluding hydrogens is 286 g/mol. The number of nitrogens with one attached hydrogen (secondary N) is 1. The van der Waals surface area contributed by atoms with E-state index in [1.807, 2.05) is 0 Å². The Hall–Kier alpha value is -2.60. The second kappa shape index (κ2) is 9.36. The van der Waals surface area contributed by atoms with Gasteiger partial charge in [-0.25, -0.2) is 4.79 Å². The number of benzene rings is 1. The summed E-state index contributed by atoms with van der Waals surface area (Å²) in [7, 11) is 0. The van der Waals surface area contributed by atoms with Gasteiger partial charge in [0.2, 0.25) is 0 Å². The monoisotopic (exact) mass is 305 g/mol. The molecule has 1 atom stereocenters. The SMILES string of the molecule is C=CCOCC(NC(=O)c1ccc(OCC=C)cc1)C(=O)O. The fraction of sp³-hybridized carbons (Fsp3) is 0.250. The Bertz CT molecular complexity index is 524. The van der Waals surface area contributed by atoms with Gasteiger partial charge in [-0.15, -0.1) is 6.58 Å². The maximum Gasteiger partial charge on any atom is 0.328 e. The van der Waals surface area contributed by atoms with Gasteiger partial charge in [0.05, 0.1) is 13.2 Å². The minimum atomic E-state index is -1.16. The van der Waals surface area contributed by atoms with Crippen molar-refractivity contribution < 1.29 is 24.2 Å². The standard InChI is InChI=1S/C16H19NO5/c1-3-9-21-11-14(16(19)20)17-15(18)12-5-7-13(8-6-12)22-10-4-2/h3-8,14H,1-2,9-11H2,(H,17,18)(H,19,20). The van der Waals surface area contributed by atoms with E-state index in [0.717, 1.165) is 0 Å². The number of carboxylic acids is 1. The average molecular weight is 305 g/mol. The van der Waals surface area contributed by atoms with Gasteiger partial charge in [-0.2, -0.15) is 0 Å². The second-order valence-corrected chi connectivity index (χ2v) is 4.31. The normalized spacial score (nSPS) is 11.3. The van der Waals surface area contributed by atoms with Crippen molar-refractivity contribution in [1.29, 1.82) is 0 Å². The van der Waals surface area contributed by atoms with Gasteiger partial charge in [0.25, 0.3) is 5.91 Å². The number of carbonyl (C=O) groups excluding carboxylic acids is 1. The van der Waals surface area contributed by atoms with Crippen LogP contribution in [0.2, 0.25) is 0 Å². The average Bonchev–Trinajstić information content (AvgIpc) is 2.52. The Balaban J connectivity index is 2.62. The lowest BCUT2D eigenvalue weighted by atomic mass is 10.2. The zero-order chi connectivity index (χ0) is 16.4. The predicted molar refractivity (Wildman–Crippen MR) is 82.0 cm³/mol. The van der Waals surface area contributed by atoms with Gasteiger partial charge in [0.1, 0.15) is 12.4 Å². The fourth-order valence-corrected chi connectivity index (χ4v) is 1.54. The topological polar surface area (TPSA) is 84.9 Å². The molecule has 1 rings (SSSR count). The van der Waals surface area contributed by atoms with E-state index in [-0.39, 0.29) is 13.2 Å². The first-order chi connectivity index (χ1) is 10.6. The van der Waals surface area contributed by atoms with Gasteiger partial charge < -0.3 is 19.9 Å². The summed E-state index contributed by atoms with van der Waals surface area (Å²) in [5.74, 6) is -1.06. The van der Waals surface area contributed by atoms with E-state index in [4.69, 9.17) is 14.6 Å². The van der Waals surface area contributed by atoms with Crippen molar-refractivity contribution in [1.82, 2.24) is 5.32 Å². The Kier molecular flexibility index (Phi) is 7.42. The third-order valence-electron chi connectivity index (χ3n) is 2.61. The predicted octanol–water partition coefficient (Wildman–Crippen LogP) is 1.64. The highest BCUT2D eigenvalue weighted by Gasteiger charge is 2.20. The van der Waals surface area contributed by atoms with Crippen LogP contribution >= 0.6 is 0 Å². The first-order valence-corrected chi connectivity index (χ1v) is 6.64. The van der Waals surface area contributed by atoms with Gasteiger partial charge in [-0.3, -0.25) is 4.79 Å². The zero-order valence-corrected chi connectivity index (χ0v) is 12.2. The molecule has 0 spiro atoms. The van der Waals surface area contributed by atoms with E-state index in [1.54, 1.807) is 30.3 Å². The molecule has 0 aliphatic carbocycles. The first kappa shape index (κ1) is 17.5. The van der Waals surface area contributed by atoms with E-state index >= 15 is 0 Å². The summed E-state index contributed by atoms with van der Waals surface area (Å²) in [6, 6.07) is 5.24. The fourth-order valence-electron chi connectivity index (χ4n) is 1.54. The van der Waals surface area contributed by atoms with Gasteiger partial charge >= 0.3 is 5.97 Å². The van der Waals surface area contributed by atoms with Crippen LogP contribution in [0.5, 0.6) is 5.75 Å². The number of amides is 1. The molecule has 1 unspecified atom stereocenters. The van der Waals surface area contributed by atoms with Crippen LogP contribution in [0.1, 0.15) is 10.4 Å². The molecule has 0 aromatic heterocycles. The minimum Gasteiger partial charge on any atom is -0.490 e. The molecule has 118 valence electrons. The van der Waals surface area contributed by atoms with Crippen LogP contribution in [0.4, 0.5) is 0 Å². The molecule has 1 aromatic carbocycles. The molecule has 0 saturated heterocycles. The van der Waals surface area contributed by atoms with E-state index < -0.39 is 17.9 Å². The Morgan fingerprint density at radius 1 is 1.18 bits per heavy atom. The lowest BCUT2D eigenvalue weighted by molar-refractivity contribution is -0.140. The van der Waals surface area contributed by atoms with Gasteiger partial charge in [0, 0.05) is 5.56 Å². The quantitative estimate of drug-likeness (QED) is 0.507. The highest BCUT2D eigenvalue weighted by atomic mass is 16.5. The van der Waals surface area contributed by atoms with Crippen molar-refractivity contribution >= 4 is 11.9 Å². The molecule has 1 aromatic rings. The molecule has 0 fully saturated rings. The summed E-state index contributed by atoms with van der Waals surface area (Å²) in [5, 5.41) is 11.5. The molecule has 6 nitrogen and oxygen atoms in total. The van der Waals surface area contributed by atoms with Crippen LogP contribution in [-0.4, -0.2) is 42.8 Å². The van der Waals surface area contributed by atoms with Crippen molar-refractivity contribution in [3.8, 4) is 5.75 Å². The number of ether oxygens (including phenoxy) is 2. The number of carboxylic acid groups (broad SMARTS) is 1. The van der Waals surface area contributed by atoms with Crippen LogP contribution < -0.4 is 10.1 Å². The first-order valence-electron chi connectivity index (χ1n) is 6.64. The summed E-state index contributed by atoms with van der Waals surface area (Å²) < 4.78 is 10.4. The number of aliphatic carboxylic acids is 1. The van der Waals surface area contributed by atoms with E-state index in [1.165, 1.54) is 6.08 Å². The maximum absolute atomic E-state index is 12.0. The van der Waals surface area contributed by atoms with Crippen LogP contribution in [0.15, 0.2) is 49.6 Å². The minimum absolute atomic E-state index is 0.131. The highest BCUT2D eigenvalue weighted by Crippen LogP contribution is 2.12. The van der Waals surface area contributed by atoms with Crippen molar-refractivity contribution in [2.45, 2.75) is 6.04 Å². The number of rotatable bonds is 10. The molecule has 0 heterocycles. The molecule has 0 aliphatic rings. The Labute approximate surface area is 129 Å². The molecule has 2 N–H and O–H groups in total. The Morgan fingerprint density at radius 2 is 1.82 bits per heavy atom. The highest BCUT2D eigenvalue weighted by molar-refractivity contribution is 5.96. The molecule has 0 saturated carbocycles. The second-order valence-electron chi connectivity index (χ2n) is 4.31. The molecule has 0 bridgehead atoms. The van der Waals surface area contributed by atoms with Crippen molar-refractivity contribution in [2.75, 3.05) is 19.8 Å². The maximum atomic E-state index is 12.0. The zero-order valence-electron chi connectivity index (χ0n) is 12.2. The Morgan fingerprint density at radius 3 is 2.36 bits per heavy atom. The van der Waals surface area contributed by atoms with Crippen LogP contribution in [0.25, 0.3) is 0 Å². The number of hydrogen-bond donors (Lipinski definition) is 2. The molecule has 22 heavy (non-hydrogen) atoms. The molecule has 1 amide bonds. The summed E-state index contributed by atoms with van der Waals surface area (Å²) >= 11 is 0. The van der Waals surface area contributed by atoms with E-state index in [2.05, 4.69) is 18.5 Å². The lowest BCUT2D eigenvalue weighted by Crippen LogP contribution is -2.44. The van der Waals surface area contributed by atoms with Gasteiger partial charge in [-0.05, 0) is 24.3 Å². The number of hydrogen-bond acceptors (Lipinski definition) is 4. The van der Waals surface area contributed by atoms with E-state index in [0.29, 0.717) is 17.9 Å². The third kappa shape index (κ3) is 5.80. The van der Waals surface area contributed by atoms with Gasteiger partial charge in [0.15, 0.2) is 6.04 Å². The summed E-state index contributed by atoms with van der Waals surface area (Å²) in [6.45, 7) is 7.46. The van der Waals surface area contributed by atoms with Crippen LogP contribution in [0, 0.1) is 0 Å². The van der Waals surface area contributed by atoms with Crippen LogP contribution in [0.3, 0.4) is 0 Å². The van der Waals surface area contributed by atoms with Crippen molar-refractivity contribution in [3.05, 3.63) is 55.1 Å². The third-order valence-corrected chi connectivity index (χ3v) is 2.61. The molecule has 6 heteroatoms. The summed E-state index contributed by atoms with van der Waals surface area (Å²) in [4.78, 5) is 23.1. The van der Waals surface area contributed by atoms with E-state index in [9.17, 15) is 9.59 Å². The summed E-state index contributed by atoms with van der Waals surface area (Å²) in [6.07, 6.45) is 3.12. The van der Waals surface area contributed by atoms with Gasteiger partial charge in [-0.1, -0.05) is 18.7 Å². The van der Waals surface area contributed by atoms with Crippen molar-refractivity contribution in [3.63, 3.8) is 0 Å². The smallest absolute Gasteiger partial charge is 0.328 e. The molecule has 0 aliphatic heterocycles. The molecule has 0 radical (unpaired) electrons. The van der Waals surface area contributed by atoms with Crippen molar-refractivity contribution in [2.24, 2.45) is 0 Å². The largest absolute Gasteiger partial charge is 0.490 e.